The van der Waals surface area contributed by atoms with Crippen molar-refractivity contribution in [2.75, 3.05) is 20.7 Å². The standard InChI is InChI=1S/C18H23N3O2S/c1-12(23-3)17-20-14(11-24-17)10-21(2)18(22)16-15-7-5-4-6-13(15)8-9-19-16/h4-7,11-12,16,19H,8-10H2,1-3H3/t12-,16-/m1/s1. The van der Waals surface area contributed by atoms with E-state index in [0.29, 0.717) is 6.54 Å². The maximum absolute atomic E-state index is 12.9. The summed E-state index contributed by atoms with van der Waals surface area (Å²) in [5.41, 5.74) is 3.25. The molecule has 0 spiro atoms. The Hall–Kier alpha value is -1.76. The molecule has 1 aromatic carbocycles. The van der Waals surface area contributed by atoms with Crippen LogP contribution in [0.5, 0.6) is 0 Å². The number of rotatable bonds is 5. The molecule has 1 aromatic heterocycles. The first-order valence-electron chi connectivity index (χ1n) is 8.13. The summed E-state index contributed by atoms with van der Waals surface area (Å²) in [5, 5.41) is 6.28. The molecule has 1 amide bonds. The number of nitrogens with zero attached hydrogens (tertiary/aromatic N) is 2. The van der Waals surface area contributed by atoms with Crippen LogP contribution in [0.1, 0.15) is 40.9 Å². The first-order chi connectivity index (χ1) is 11.6. The summed E-state index contributed by atoms with van der Waals surface area (Å²) >= 11 is 1.57. The lowest BCUT2D eigenvalue weighted by Gasteiger charge is -2.29. The third kappa shape index (κ3) is 3.50. The fourth-order valence-corrected chi connectivity index (χ4v) is 3.79. The number of aromatic nitrogens is 1. The van der Waals surface area contributed by atoms with Crippen LogP contribution in [-0.2, 0) is 22.5 Å². The number of ether oxygens (including phenoxy) is 1. The number of carbonyl (C=O) groups is 1. The lowest BCUT2D eigenvalue weighted by molar-refractivity contribution is -0.133. The maximum Gasteiger partial charge on any atom is 0.244 e. The summed E-state index contributed by atoms with van der Waals surface area (Å²) < 4.78 is 5.29. The average Bonchev–Trinajstić information content (AvgIpc) is 3.08. The van der Waals surface area contributed by atoms with Crippen molar-refractivity contribution < 1.29 is 9.53 Å². The Morgan fingerprint density at radius 1 is 1.50 bits per heavy atom. The Morgan fingerprint density at radius 2 is 2.29 bits per heavy atom. The van der Waals surface area contributed by atoms with Gasteiger partial charge in [-0.25, -0.2) is 4.98 Å². The van der Waals surface area contributed by atoms with Crippen LogP contribution in [0, 0.1) is 0 Å². The van der Waals surface area contributed by atoms with Gasteiger partial charge >= 0.3 is 0 Å². The van der Waals surface area contributed by atoms with E-state index in [1.807, 2.05) is 37.6 Å². The van der Waals surface area contributed by atoms with Gasteiger partial charge in [-0.1, -0.05) is 24.3 Å². The predicted molar refractivity (Wildman–Crippen MR) is 94.9 cm³/mol. The van der Waals surface area contributed by atoms with Crippen molar-refractivity contribution in [3.05, 3.63) is 51.5 Å². The fraction of sp³-hybridized carbons (Fsp3) is 0.444. The molecule has 2 heterocycles. The molecule has 0 bridgehead atoms. The van der Waals surface area contributed by atoms with E-state index in [1.165, 1.54) is 5.56 Å². The van der Waals surface area contributed by atoms with Gasteiger partial charge in [0.2, 0.25) is 5.91 Å². The molecule has 0 saturated heterocycles. The maximum atomic E-state index is 12.9. The number of likely N-dealkylation sites (N-methyl/N-ethyl adjacent to an activating group) is 1. The molecule has 0 unspecified atom stereocenters. The molecule has 1 aliphatic heterocycles. The number of carbonyl (C=O) groups excluding carboxylic acids is 1. The van der Waals surface area contributed by atoms with E-state index in [-0.39, 0.29) is 18.1 Å². The van der Waals surface area contributed by atoms with Crippen LogP contribution >= 0.6 is 11.3 Å². The molecule has 0 fully saturated rings. The molecule has 3 rings (SSSR count). The highest BCUT2D eigenvalue weighted by Crippen LogP contribution is 2.25. The molecule has 0 radical (unpaired) electrons. The van der Waals surface area contributed by atoms with Crippen LogP contribution < -0.4 is 5.32 Å². The summed E-state index contributed by atoms with van der Waals surface area (Å²) in [7, 11) is 3.51. The van der Waals surface area contributed by atoms with E-state index in [0.717, 1.165) is 29.2 Å². The van der Waals surface area contributed by atoms with Gasteiger partial charge in [-0.2, -0.15) is 0 Å². The summed E-state index contributed by atoms with van der Waals surface area (Å²) in [4.78, 5) is 19.2. The highest BCUT2D eigenvalue weighted by Gasteiger charge is 2.28. The summed E-state index contributed by atoms with van der Waals surface area (Å²) in [5.74, 6) is 0.0801. The molecule has 2 aromatic rings. The zero-order valence-corrected chi connectivity index (χ0v) is 15.1. The van der Waals surface area contributed by atoms with Crippen molar-refractivity contribution >= 4 is 17.2 Å². The molecule has 1 N–H and O–H groups in total. The molecule has 0 aliphatic carbocycles. The number of methoxy groups -OCH3 is 1. The minimum atomic E-state index is -0.268. The van der Waals surface area contributed by atoms with Crippen molar-refractivity contribution in [1.82, 2.24) is 15.2 Å². The van der Waals surface area contributed by atoms with Crippen LogP contribution in [-0.4, -0.2) is 36.5 Å². The number of nitrogens with one attached hydrogen (secondary N) is 1. The number of hydrogen-bond donors (Lipinski definition) is 1. The van der Waals surface area contributed by atoms with Gasteiger partial charge in [0.15, 0.2) is 0 Å². The van der Waals surface area contributed by atoms with Crippen molar-refractivity contribution in [1.29, 1.82) is 0 Å². The number of benzene rings is 1. The van der Waals surface area contributed by atoms with Gasteiger partial charge in [0.25, 0.3) is 0 Å². The van der Waals surface area contributed by atoms with E-state index < -0.39 is 0 Å². The number of fused-ring (bicyclic) bond motifs is 1. The zero-order chi connectivity index (χ0) is 17.1. The van der Waals surface area contributed by atoms with E-state index in [4.69, 9.17) is 4.74 Å². The molecule has 24 heavy (non-hydrogen) atoms. The van der Waals surface area contributed by atoms with Crippen molar-refractivity contribution in [3.63, 3.8) is 0 Å². The van der Waals surface area contributed by atoms with Gasteiger partial charge in [-0.15, -0.1) is 11.3 Å². The Balaban J connectivity index is 1.70. The van der Waals surface area contributed by atoms with Crippen molar-refractivity contribution in [2.45, 2.75) is 32.0 Å². The third-order valence-electron chi connectivity index (χ3n) is 4.40. The Kier molecular flexibility index (Phi) is 5.28. The minimum Gasteiger partial charge on any atom is -0.375 e. The fourth-order valence-electron chi connectivity index (χ4n) is 2.95. The lowest BCUT2D eigenvalue weighted by Crippen LogP contribution is -2.42. The van der Waals surface area contributed by atoms with E-state index in [2.05, 4.69) is 16.4 Å². The van der Waals surface area contributed by atoms with Gasteiger partial charge < -0.3 is 15.0 Å². The Bertz CT molecular complexity index is 716. The quantitative estimate of drug-likeness (QED) is 0.905. The largest absolute Gasteiger partial charge is 0.375 e. The zero-order valence-electron chi connectivity index (χ0n) is 14.3. The topological polar surface area (TPSA) is 54.5 Å². The van der Waals surface area contributed by atoms with Crippen molar-refractivity contribution in [2.24, 2.45) is 0 Å². The van der Waals surface area contributed by atoms with E-state index in [1.54, 1.807) is 23.3 Å². The van der Waals surface area contributed by atoms with Gasteiger partial charge in [0, 0.05) is 26.1 Å². The molecule has 6 heteroatoms. The van der Waals surface area contributed by atoms with Crippen LogP contribution in [0.25, 0.3) is 0 Å². The van der Waals surface area contributed by atoms with Crippen LogP contribution in [0.2, 0.25) is 0 Å². The van der Waals surface area contributed by atoms with E-state index in [9.17, 15) is 4.79 Å². The highest BCUT2D eigenvalue weighted by atomic mass is 32.1. The second kappa shape index (κ2) is 7.42. The highest BCUT2D eigenvalue weighted by molar-refractivity contribution is 7.09. The van der Waals surface area contributed by atoms with E-state index >= 15 is 0 Å². The number of hydrogen-bond acceptors (Lipinski definition) is 5. The summed E-state index contributed by atoms with van der Waals surface area (Å²) in [6.07, 6.45) is 0.949. The molecule has 2 atom stereocenters. The molecule has 1 aliphatic rings. The van der Waals surface area contributed by atoms with Crippen LogP contribution in [0.15, 0.2) is 29.6 Å². The first-order valence-corrected chi connectivity index (χ1v) is 9.01. The molecule has 5 nitrogen and oxygen atoms in total. The van der Waals surface area contributed by atoms with Crippen LogP contribution in [0.4, 0.5) is 0 Å². The monoisotopic (exact) mass is 345 g/mol. The smallest absolute Gasteiger partial charge is 0.244 e. The molecule has 0 saturated carbocycles. The SMILES string of the molecule is CO[C@H](C)c1nc(CN(C)C(=O)[C@@H]2NCCc3ccccc32)cs1. The van der Waals surface area contributed by atoms with Crippen LogP contribution in [0.3, 0.4) is 0 Å². The van der Waals surface area contributed by atoms with Gasteiger partial charge in [-0.3, -0.25) is 4.79 Å². The lowest BCUT2D eigenvalue weighted by atomic mass is 9.93. The second-order valence-electron chi connectivity index (χ2n) is 6.09. The first kappa shape index (κ1) is 17.1. The molecular weight excluding hydrogens is 322 g/mol. The third-order valence-corrected chi connectivity index (χ3v) is 5.46. The molecular formula is C18H23N3O2S. The summed E-state index contributed by atoms with van der Waals surface area (Å²) in [6, 6.07) is 7.90. The predicted octanol–water partition coefficient (Wildman–Crippen LogP) is 2.70. The van der Waals surface area contributed by atoms with Gasteiger partial charge in [0.1, 0.15) is 17.2 Å². The minimum absolute atomic E-state index is 0.0170. The van der Waals surface area contributed by atoms with Gasteiger partial charge in [-0.05, 0) is 24.5 Å². The average molecular weight is 345 g/mol. The normalized spacial score (nSPS) is 18.0. The number of thiazole rings is 1. The number of amides is 1. The van der Waals surface area contributed by atoms with Gasteiger partial charge in [0.05, 0.1) is 12.2 Å². The summed E-state index contributed by atoms with van der Waals surface area (Å²) in [6.45, 7) is 3.31. The molecule has 128 valence electrons. The van der Waals surface area contributed by atoms with Crippen molar-refractivity contribution in [3.8, 4) is 0 Å². The Labute approximate surface area is 146 Å². The Morgan fingerprint density at radius 3 is 3.08 bits per heavy atom. The second-order valence-corrected chi connectivity index (χ2v) is 6.97.